The lowest BCUT2D eigenvalue weighted by Crippen LogP contribution is -1.81. The van der Waals surface area contributed by atoms with Gasteiger partial charge >= 0.3 is 0 Å². The summed E-state index contributed by atoms with van der Waals surface area (Å²) in [5.74, 6) is 0.218. The van der Waals surface area contributed by atoms with Crippen LogP contribution in [0.2, 0.25) is 10.0 Å². The van der Waals surface area contributed by atoms with Gasteiger partial charge in [0.1, 0.15) is 10.8 Å². The number of pyridine rings is 1. The summed E-state index contributed by atoms with van der Waals surface area (Å²) >= 11 is 13.1. The molecule has 0 aliphatic carbocycles. The highest BCUT2D eigenvalue weighted by Gasteiger charge is 2.05. The lowest BCUT2D eigenvalue weighted by molar-refractivity contribution is 0.474. The molecule has 1 N–H and O–H groups in total. The standard InChI is InChI=1S/C11H7Cl2NOS/c12-7-4-10(13)11(14-6-7)16-9-3-1-2-8(15)5-9/h1-6,15H. The average molecular weight is 272 g/mol. The van der Waals surface area contributed by atoms with Crippen molar-refractivity contribution in [2.45, 2.75) is 9.92 Å². The van der Waals surface area contributed by atoms with Gasteiger partial charge in [0, 0.05) is 11.1 Å². The van der Waals surface area contributed by atoms with E-state index in [0.717, 1.165) is 4.90 Å². The molecule has 2 rings (SSSR count). The summed E-state index contributed by atoms with van der Waals surface area (Å²) in [5, 5.41) is 11.0. The maximum Gasteiger partial charge on any atom is 0.119 e. The van der Waals surface area contributed by atoms with Gasteiger partial charge in [-0.05, 0) is 24.3 Å². The monoisotopic (exact) mass is 271 g/mol. The Morgan fingerprint density at radius 2 is 2.00 bits per heavy atom. The van der Waals surface area contributed by atoms with Crippen LogP contribution in [0.25, 0.3) is 0 Å². The van der Waals surface area contributed by atoms with E-state index < -0.39 is 0 Å². The molecule has 0 aliphatic heterocycles. The molecule has 0 bridgehead atoms. The molecule has 2 nitrogen and oxygen atoms in total. The number of aromatic hydroxyl groups is 1. The van der Waals surface area contributed by atoms with Crippen LogP contribution < -0.4 is 0 Å². The van der Waals surface area contributed by atoms with E-state index >= 15 is 0 Å². The number of phenols is 1. The molecule has 0 atom stereocenters. The molecule has 0 saturated heterocycles. The molecule has 1 heterocycles. The molecule has 0 spiro atoms. The first kappa shape index (κ1) is 11.6. The minimum atomic E-state index is 0.218. The number of benzene rings is 1. The summed E-state index contributed by atoms with van der Waals surface area (Å²) in [6, 6.07) is 8.54. The third-order valence-electron chi connectivity index (χ3n) is 1.81. The van der Waals surface area contributed by atoms with Gasteiger partial charge < -0.3 is 5.11 Å². The lowest BCUT2D eigenvalue weighted by atomic mass is 10.3. The fourth-order valence-electron chi connectivity index (χ4n) is 1.14. The van der Waals surface area contributed by atoms with Crippen molar-refractivity contribution >= 4 is 35.0 Å². The van der Waals surface area contributed by atoms with Gasteiger partial charge in [-0.1, -0.05) is 41.0 Å². The Morgan fingerprint density at radius 1 is 1.19 bits per heavy atom. The fraction of sp³-hybridized carbons (Fsp3) is 0. The SMILES string of the molecule is Oc1cccc(Sc2ncc(Cl)cc2Cl)c1. The van der Waals surface area contributed by atoms with E-state index in [0.29, 0.717) is 15.1 Å². The number of rotatable bonds is 2. The number of aromatic nitrogens is 1. The first-order valence-corrected chi connectivity index (χ1v) is 6.00. The van der Waals surface area contributed by atoms with Gasteiger partial charge in [-0.25, -0.2) is 4.98 Å². The van der Waals surface area contributed by atoms with Crippen LogP contribution in [0.15, 0.2) is 46.5 Å². The van der Waals surface area contributed by atoms with Crippen LogP contribution in [0.5, 0.6) is 5.75 Å². The molecule has 1 aromatic carbocycles. The zero-order valence-corrected chi connectivity index (χ0v) is 10.4. The van der Waals surface area contributed by atoms with Gasteiger partial charge in [0.05, 0.1) is 10.0 Å². The van der Waals surface area contributed by atoms with Gasteiger partial charge in [0.2, 0.25) is 0 Å². The van der Waals surface area contributed by atoms with Crippen molar-refractivity contribution < 1.29 is 5.11 Å². The molecule has 2 aromatic rings. The molecule has 0 radical (unpaired) electrons. The first-order valence-electron chi connectivity index (χ1n) is 4.43. The van der Waals surface area contributed by atoms with Gasteiger partial charge in [-0.2, -0.15) is 0 Å². The van der Waals surface area contributed by atoms with E-state index in [1.807, 2.05) is 6.07 Å². The van der Waals surface area contributed by atoms with E-state index in [1.54, 1.807) is 30.5 Å². The van der Waals surface area contributed by atoms with Gasteiger partial charge in [0.25, 0.3) is 0 Å². The minimum Gasteiger partial charge on any atom is -0.508 e. The van der Waals surface area contributed by atoms with Crippen molar-refractivity contribution in [3.8, 4) is 5.75 Å². The number of hydrogen-bond acceptors (Lipinski definition) is 3. The molecule has 5 heteroatoms. The Kier molecular flexibility index (Phi) is 3.59. The Labute approximate surface area is 107 Å². The quantitative estimate of drug-likeness (QED) is 0.887. The fourth-order valence-corrected chi connectivity index (χ4v) is 2.44. The van der Waals surface area contributed by atoms with Crippen molar-refractivity contribution in [3.63, 3.8) is 0 Å². The lowest BCUT2D eigenvalue weighted by Gasteiger charge is -2.03. The highest BCUT2D eigenvalue weighted by Crippen LogP contribution is 2.33. The molecule has 16 heavy (non-hydrogen) atoms. The number of nitrogens with zero attached hydrogens (tertiary/aromatic N) is 1. The molecular weight excluding hydrogens is 265 g/mol. The van der Waals surface area contributed by atoms with Crippen LogP contribution in [0.4, 0.5) is 0 Å². The minimum absolute atomic E-state index is 0.218. The zero-order chi connectivity index (χ0) is 11.5. The number of phenolic OH excluding ortho intramolecular Hbond substituents is 1. The summed E-state index contributed by atoms with van der Waals surface area (Å²) in [7, 11) is 0. The Morgan fingerprint density at radius 3 is 2.69 bits per heavy atom. The Balaban J connectivity index is 2.27. The third-order valence-corrected chi connectivity index (χ3v) is 3.42. The summed E-state index contributed by atoms with van der Waals surface area (Å²) in [4.78, 5) is 4.99. The summed E-state index contributed by atoms with van der Waals surface area (Å²) in [6.45, 7) is 0. The molecule has 0 aliphatic rings. The topological polar surface area (TPSA) is 33.1 Å². The smallest absolute Gasteiger partial charge is 0.119 e. The molecule has 0 fully saturated rings. The number of hydrogen-bond donors (Lipinski definition) is 1. The predicted octanol–water partition coefficient (Wildman–Crippen LogP) is 4.25. The molecule has 82 valence electrons. The van der Waals surface area contributed by atoms with E-state index in [2.05, 4.69) is 4.98 Å². The molecule has 0 amide bonds. The van der Waals surface area contributed by atoms with E-state index in [1.165, 1.54) is 11.8 Å². The average Bonchev–Trinajstić information content (AvgIpc) is 2.22. The maximum atomic E-state index is 9.32. The van der Waals surface area contributed by atoms with Crippen molar-refractivity contribution in [1.82, 2.24) is 4.98 Å². The summed E-state index contributed by atoms with van der Waals surface area (Å²) < 4.78 is 0. The van der Waals surface area contributed by atoms with Crippen LogP contribution >= 0.6 is 35.0 Å². The van der Waals surface area contributed by atoms with Crippen LogP contribution in [-0.2, 0) is 0 Å². The third kappa shape index (κ3) is 2.82. The first-order chi connectivity index (χ1) is 7.65. The van der Waals surface area contributed by atoms with E-state index in [4.69, 9.17) is 23.2 Å². The van der Waals surface area contributed by atoms with Crippen LogP contribution in [0.1, 0.15) is 0 Å². The molecule has 0 saturated carbocycles. The predicted molar refractivity (Wildman–Crippen MR) is 66.5 cm³/mol. The van der Waals surface area contributed by atoms with Crippen molar-refractivity contribution in [3.05, 3.63) is 46.6 Å². The maximum absolute atomic E-state index is 9.32. The second kappa shape index (κ2) is 4.95. The van der Waals surface area contributed by atoms with Crippen molar-refractivity contribution in [2.24, 2.45) is 0 Å². The summed E-state index contributed by atoms with van der Waals surface area (Å²) in [5.41, 5.74) is 0. The van der Waals surface area contributed by atoms with Gasteiger partial charge in [0.15, 0.2) is 0 Å². The van der Waals surface area contributed by atoms with Crippen molar-refractivity contribution in [1.29, 1.82) is 0 Å². The zero-order valence-electron chi connectivity index (χ0n) is 8.02. The second-order valence-electron chi connectivity index (χ2n) is 3.04. The highest BCUT2D eigenvalue weighted by molar-refractivity contribution is 7.99. The van der Waals surface area contributed by atoms with E-state index in [-0.39, 0.29) is 5.75 Å². The largest absolute Gasteiger partial charge is 0.508 e. The molecule has 1 aromatic heterocycles. The van der Waals surface area contributed by atoms with Gasteiger partial charge in [-0.3, -0.25) is 0 Å². The Hall–Kier alpha value is -0.900. The molecule has 0 unspecified atom stereocenters. The van der Waals surface area contributed by atoms with Crippen LogP contribution in [0, 0.1) is 0 Å². The molecular formula is C11H7Cl2NOS. The van der Waals surface area contributed by atoms with Gasteiger partial charge in [-0.15, -0.1) is 0 Å². The van der Waals surface area contributed by atoms with Crippen molar-refractivity contribution in [2.75, 3.05) is 0 Å². The second-order valence-corrected chi connectivity index (χ2v) is 4.95. The van der Waals surface area contributed by atoms with Crippen LogP contribution in [-0.4, -0.2) is 10.1 Å². The summed E-state index contributed by atoms with van der Waals surface area (Å²) in [6.07, 6.45) is 1.54. The Bertz CT molecular complexity index is 519. The van der Waals surface area contributed by atoms with Crippen LogP contribution in [0.3, 0.4) is 0 Å². The van der Waals surface area contributed by atoms with E-state index in [9.17, 15) is 5.11 Å². The number of halogens is 2. The normalized spacial score (nSPS) is 10.4. The highest BCUT2D eigenvalue weighted by atomic mass is 35.5.